The van der Waals surface area contributed by atoms with E-state index in [0.717, 1.165) is 12.0 Å². The smallest absolute Gasteiger partial charge is 0.118 e. The van der Waals surface area contributed by atoms with Gasteiger partial charge in [0.15, 0.2) is 0 Å². The summed E-state index contributed by atoms with van der Waals surface area (Å²) in [5, 5.41) is 9.59. The van der Waals surface area contributed by atoms with Crippen LogP contribution in [0.4, 0.5) is 0 Å². The average Bonchev–Trinajstić information content (AvgIpc) is 2.28. The maximum Gasteiger partial charge on any atom is 0.118 e. The fourth-order valence-corrected chi connectivity index (χ4v) is 2.41. The summed E-state index contributed by atoms with van der Waals surface area (Å²) in [7, 11) is 0. The number of allylic oxidation sites excluding steroid dienone is 4. The quantitative estimate of drug-likeness (QED) is 0.761. The Balaban J connectivity index is 2.41. The summed E-state index contributed by atoms with van der Waals surface area (Å²) in [6, 6.07) is 5.92. The highest BCUT2D eigenvalue weighted by Crippen LogP contribution is 2.38. The van der Waals surface area contributed by atoms with Crippen molar-refractivity contribution in [2.45, 2.75) is 39.5 Å². The molecule has 1 nitrogen and oxygen atoms in total. The number of phenols is 1. The van der Waals surface area contributed by atoms with E-state index in [1.807, 2.05) is 13.0 Å². The fraction of sp³-hybridized carbons (Fsp3) is 0.375. The molecular formula is C16H20O. The van der Waals surface area contributed by atoms with E-state index >= 15 is 0 Å². The molecule has 0 spiro atoms. The standard InChI is InChI=1S/C16H20O/c1-11-7-8-16(4,10-13(11)3)14-5-6-15(17)12(2)9-14/h5-9,17H,10H2,1-4H3. The Labute approximate surface area is 103 Å². The number of phenolic OH excluding ortho intramolecular Hbond substituents is 1. The van der Waals surface area contributed by atoms with Crippen LogP contribution in [0.3, 0.4) is 0 Å². The third-order valence-corrected chi connectivity index (χ3v) is 3.86. The zero-order valence-corrected chi connectivity index (χ0v) is 11.0. The lowest BCUT2D eigenvalue weighted by atomic mass is 9.73. The normalized spacial score (nSPS) is 24.2. The van der Waals surface area contributed by atoms with E-state index in [2.05, 4.69) is 39.0 Å². The molecule has 0 radical (unpaired) electrons. The molecule has 1 aromatic carbocycles. The number of aromatic hydroxyl groups is 1. The van der Waals surface area contributed by atoms with Gasteiger partial charge in [-0.25, -0.2) is 0 Å². The van der Waals surface area contributed by atoms with Gasteiger partial charge in [-0.3, -0.25) is 0 Å². The van der Waals surface area contributed by atoms with Gasteiger partial charge in [-0.2, -0.15) is 0 Å². The molecule has 90 valence electrons. The maximum atomic E-state index is 9.59. The van der Waals surface area contributed by atoms with Crippen LogP contribution in [0.1, 0.15) is 38.3 Å². The zero-order valence-electron chi connectivity index (χ0n) is 11.0. The van der Waals surface area contributed by atoms with Crippen LogP contribution in [0.15, 0.2) is 41.5 Å². The molecule has 17 heavy (non-hydrogen) atoms. The molecule has 0 bridgehead atoms. The number of hydrogen-bond acceptors (Lipinski definition) is 1. The third kappa shape index (κ3) is 2.14. The Hall–Kier alpha value is -1.50. The van der Waals surface area contributed by atoms with E-state index < -0.39 is 0 Å². The van der Waals surface area contributed by atoms with Crippen molar-refractivity contribution in [1.82, 2.24) is 0 Å². The van der Waals surface area contributed by atoms with Crippen LogP contribution >= 0.6 is 0 Å². The van der Waals surface area contributed by atoms with E-state index in [4.69, 9.17) is 0 Å². The van der Waals surface area contributed by atoms with Gasteiger partial charge in [0.1, 0.15) is 5.75 Å². The number of rotatable bonds is 1. The molecule has 0 amide bonds. The van der Waals surface area contributed by atoms with Crippen molar-refractivity contribution >= 4 is 0 Å². The van der Waals surface area contributed by atoms with Crippen LogP contribution in [0, 0.1) is 6.92 Å². The van der Waals surface area contributed by atoms with E-state index in [0.29, 0.717) is 5.75 Å². The first-order valence-corrected chi connectivity index (χ1v) is 6.08. The van der Waals surface area contributed by atoms with Crippen molar-refractivity contribution in [3.63, 3.8) is 0 Å². The van der Waals surface area contributed by atoms with Crippen molar-refractivity contribution in [3.05, 3.63) is 52.6 Å². The highest BCUT2D eigenvalue weighted by Gasteiger charge is 2.27. The number of aryl methyl sites for hydroxylation is 1. The molecule has 1 aromatic rings. The lowest BCUT2D eigenvalue weighted by molar-refractivity contribution is 0.469. The Kier molecular flexibility index (Phi) is 2.86. The molecule has 0 saturated heterocycles. The lowest BCUT2D eigenvalue weighted by Crippen LogP contribution is -2.22. The molecule has 0 aliphatic heterocycles. The molecule has 1 unspecified atom stereocenters. The highest BCUT2D eigenvalue weighted by atomic mass is 16.3. The van der Waals surface area contributed by atoms with Crippen LogP contribution in [-0.2, 0) is 5.41 Å². The molecule has 0 heterocycles. The molecule has 1 atom stereocenters. The highest BCUT2D eigenvalue weighted by molar-refractivity contribution is 5.44. The van der Waals surface area contributed by atoms with Crippen LogP contribution in [0.25, 0.3) is 0 Å². The van der Waals surface area contributed by atoms with Crippen molar-refractivity contribution in [2.75, 3.05) is 0 Å². The van der Waals surface area contributed by atoms with Gasteiger partial charge in [-0.1, -0.05) is 42.4 Å². The van der Waals surface area contributed by atoms with E-state index in [9.17, 15) is 5.11 Å². The fourth-order valence-electron chi connectivity index (χ4n) is 2.41. The van der Waals surface area contributed by atoms with Gasteiger partial charge in [-0.15, -0.1) is 0 Å². The molecule has 0 aromatic heterocycles. The van der Waals surface area contributed by atoms with Gasteiger partial charge in [0.05, 0.1) is 0 Å². The van der Waals surface area contributed by atoms with Gasteiger partial charge >= 0.3 is 0 Å². The SMILES string of the molecule is CC1=C(C)CC(C)(c2ccc(O)c(C)c2)C=C1. The van der Waals surface area contributed by atoms with Gasteiger partial charge in [-0.05, 0) is 44.4 Å². The Bertz CT molecular complexity index is 508. The third-order valence-electron chi connectivity index (χ3n) is 3.86. The first kappa shape index (κ1) is 12.0. The summed E-state index contributed by atoms with van der Waals surface area (Å²) < 4.78 is 0. The zero-order chi connectivity index (χ0) is 12.6. The Morgan fingerprint density at radius 2 is 1.88 bits per heavy atom. The molecule has 1 aliphatic rings. The van der Waals surface area contributed by atoms with Crippen molar-refractivity contribution in [2.24, 2.45) is 0 Å². The number of hydrogen-bond donors (Lipinski definition) is 1. The monoisotopic (exact) mass is 228 g/mol. The summed E-state index contributed by atoms with van der Waals surface area (Å²) in [5.41, 5.74) is 5.10. The topological polar surface area (TPSA) is 20.2 Å². The van der Waals surface area contributed by atoms with Gasteiger partial charge in [0.2, 0.25) is 0 Å². The predicted octanol–water partition coefficient (Wildman–Crippen LogP) is 4.25. The van der Waals surface area contributed by atoms with Crippen LogP contribution in [0.5, 0.6) is 5.75 Å². The second-order valence-corrected chi connectivity index (χ2v) is 5.39. The molecule has 1 aliphatic carbocycles. The summed E-state index contributed by atoms with van der Waals surface area (Å²) in [6.45, 7) is 8.56. The molecule has 0 saturated carbocycles. The van der Waals surface area contributed by atoms with Crippen LogP contribution < -0.4 is 0 Å². The predicted molar refractivity (Wildman–Crippen MR) is 72.3 cm³/mol. The minimum Gasteiger partial charge on any atom is -0.508 e. The van der Waals surface area contributed by atoms with Crippen molar-refractivity contribution in [3.8, 4) is 5.75 Å². The van der Waals surface area contributed by atoms with E-state index in [1.54, 1.807) is 6.07 Å². The van der Waals surface area contributed by atoms with E-state index in [1.165, 1.54) is 16.7 Å². The minimum atomic E-state index is 0.0576. The minimum absolute atomic E-state index is 0.0576. The summed E-state index contributed by atoms with van der Waals surface area (Å²) in [6.07, 6.45) is 5.54. The first-order chi connectivity index (χ1) is 7.92. The largest absolute Gasteiger partial charge is 0.508 e. The molecule has 1 heteroatoms. The summed E-state index contributed by atoms with van der Waals surface area (Å²) in [4.78, 5) is 0. The molecule has 2 rings (SSSR count). The second-order valence-electron chi connectivity index (χ2n) is 5.39. The molecular weight excluding hydrogens is 208 g/mol. The van der Waals surface area contributed by atoms with Crippen LogP contribution in [0.2, 0.25) is 0 Å². The Morgan fingerprint density at radius 1 is 1.18 bits per heavy atom. The van der Waals surface area contributed by atoms with Crippen LogP contribution in [-0.4, -0.2) is 5.11 Å². The summed E-state index contributed by atoms with van der Waals surface area (Å²) in [5.74, 6) is 0.376. The van der Waals surface area contributed by atoms with Crippen molar-refractivity contribution < 1.29 is 5.11 Å². The molecule has 1 N–H and O–H groups in total. The maximum absolute atomic E-state index is 9.59. The average molecular weight is 228 g/mol. The van der Waals surface area contributed by atoms with Crippen molar-refractivity contribution in [1.29, 1.82) is 0 Å². The number of benzene rings is 1. The second kappa shape index (κ2) is 4.06. The first-order valence-electron chi connectivity index (χ1n) is 6.08. The lowest BCUT2D eigenvalue weighted by Gasteiger charge is -2.31. The van der Waals surface area contributed by atoms with Gasteiger partial charge in [0.25, 0.3) is 0 Å². The van der Waals surface area contributed by atoms with E-state index in [-0.39, 0.29) is 5.41 Å². The molecule has 0 fully saturated rings. The summed E-state index contributed by atoms with van der Waals surface area (Å²) >= 11 is 0. The van der Waals surface area contributed by atoms with Gasteiger partial charge < -0.3 is 5.11 Å². The Morgan fingerprint density at radius 3 is 2.47 bits per heavy atom. The van der Waals surface area contributed by atoms with Gasteiger partial charge in [0, 0.05) is 5.41 Å².